The molecular formula is C28H39ClN4O2. The summed E-state index contributed by atoms with van der Waals surface area (Å²) in [6.45, 7) is 14.5. The number of hydrogen-bond acceptors (Lipinski definition) is 5. The third-order valence-corrected chi connectivity index (χ3v) is 5.37. The number of rotatable bonds is 12. The highest BCUT2D eigenvalue weighted by molar-refractivity contribution is 6.30. The first-order chi connectivity index (χ1) is 16.7. The average molecular weight is 499 g/mol. The molecule has 1 unspecified atom stereocenters. The number of halogens is 1. The summed E-state index contributed by atoms with van der Waals surface area (Å²) in [7, 11) is 0. The average Bonchev–Trinajstić information content (AvgIpc) is 2.82. The molecule has 0 saturated heterocycles. The van der Waals surface area contributed by atoms with E-state index in [9.17, 15) is 4.79 Å². The summed E-state index contributed by atoms with van der Waals surface area (Å²) in [6.07, 6.45) is 3.56. The van der Waals surface area contributed by atoms with Crippen molar-refractivity contribution in [1.29, 1.82) is 0 Å². The Bertz CT molecular complexity index is 1000. The minimum absolute atomic E-state index is 0.221. The second-order valence-corrected chi connectivity index (χ2v) is 9.83. The van der Waals surface area contributed by atoms with Crippen molar-refractivity contribution in [3.8, 4) is 5.75 Å². The first-order valence-corrected chi connectivity index (χ1v) is 12.6. The van der Waals surface area contributed by atoms with Crippen LogP contribution in [0, 0.1) is 11.8 Å². The first-order valence-electron chi connectivity index (χ1n) is 12.2. The van der Waals surface area contributed by atoms with E-state index >= 15 is 0 Å². The van der Waals surface area contributed by atoms with Crippen molar-refractivity contribution < 1.29 is 9.53 Å². The molecule has 0 aliphatic heterocycles. The van der Waals surface area contributed by atoms with E-state index in [2.05, 4.69) is 55.8 Å². The number of hydrogen-bond donors (Lipinski definition) is 3. The Kier molecular flexibility index (Phi) is 11.8. The van der Waals surface area contributed by atoms with Crippen LogP contribution in [-0.4, -0.2) is 24.9 Å². The zero-order valence-electron chi connectivity index (χ0n) is 21.7. The topological polar surface area (TPSA) is 74.8 Å². The van der Waals surface area contributed by atoms with Crippen molar-refractivity contribution in [2.24, 2.45) is 16.9 Å². The van der Waals surface area contributed by atoms with Gasteiger partial charge in [-0.25, -0.2) is 0 Å². The predicted molar refractivity (Wildman–Crippen MR) is 146 cm³/mol. The molecule has 0 heterocycles. The van der Waals surface area contributed by atoms with Gasteiger partial charge in [0.05, 0.1) is 13.2 Å². The number of hydrazone groups is 1. The second kappa shape index (κ2) is 14.5. The fourth-order valence-electron chi connectivity index (χ4n) is 3.20. The lowest BCUT2D eigenvalue weighted by molar-refractivity contribution is 0.0977. The molecule has 2 aromatic rings. The van der Waals surface area contributed by atoms with Crippen LogP contribution in [0.25, 0.3) is 0 Å². The summed E-state index contributed by atoms with van der Waals surface area (Å²) in [4.78, 5) is 12.8. The van der Waals surface area contributed by atoms with Crippen LogP contribution in [0.5, 0.6) is 5.75 Å². The summed E-state index contributed by atoms with van der Waals surface area (Å²) in [5.74, 6) is 1.95. The number of allylic oxidation sites excluding steroid dienone is 1. The van der Waals surface area contributed by atoms with E-state index in [1.807, 2.05) is 55.5 Å². The summed E-state index contributed by atoms with van der Waals surface area (Å²) in [6, 6.07) is 13.4. The Morgan fingerprint density at radius 1 is 1.06 bits per heavy atom. The lowest BCUT2D eigenvalue weighted by Gasteiger charge is -2.16. The fraction of sp³-hybridized carbons (Fsp3) is 0.429. The third-order valence-electron chi connectivity index (χ3n) is 5.14. The van der Waals surface area contributed by atoms with Crippen LogP contribution in [0.2, 0.25) is 5.02 Å². The molecule has 7 heteroatoms. The highest BCUT2D eigenvalue weighted by atomic mass is 35.5. The minimum atomic E-state index is -0.221. The van der Waals surface area contributed by atoms with E-state index < -0.39 is 0 Å². The van der Waals surface area contributed by atoms with Gasteiger partial charge in [0.2, 0.25) is 0 Å². The minimum Gasteiger partial charge on any atom is -0.493 e. The first kappa shape index (κ1) is 28.4. The van der Waals surface area contributed by atoms with Crippen LogP contribution < -0.4 is 20.8 Å². The van der Waals surface area contributed by atoms with Crippen LogP contribution in [0.3, 0.4) is 0 Å². The van der Waals surface area contributed by atoms with Crippen LogP contribution in [0.15, 0.2) is 59.7 Å². The van der Waals surface area contributed by atoms with Gasteiger partial charge in [0.1, 0.15) is 5.75 Å². The van der Waals surface area contributed by atoms with Gasteiger partial charge in [0, 0.05) is 22.2 Å². The van der Waals surface area contributed by atoms with Crippen molar-refractivity contribution >= 4 is 23.3 Å². The summed E-state index contributed by atoms with van der Waals surface area (Å²) in [5, 5.41) is 11.4. The highest BCUT2D eigenvalue weighted by Gasteiger charge is 2.11. The second-order valence-electron chi connectivity index (χ2n) is 9.39. The molecule has 2 rings (SSSR count). The van der Waals surface area contributed by atoms with Crippen molar-refractivity contribution in [1.82, 2.24) is 16.1 Å². The van der Waals surface area contributed by atoms with E-state index in [0.717, 1.165) is 23.4 Å². The van der Waals surface area contributed by atoms with E-state index in [1.165, 1.54) is 0 Å². The van der Waals surface area contributed by atoms with E-state index in [-0.39, 0.29) is 11.9 Å². The molecule has 35 heavy (non-hydrogen) atoms. The Morgan fingerprint density at radius 2 is 1.77 bits per heavy atom. The molecule has 0 spiro atoms. The number of carbonyl (C=O) groups excluding carboxylic acids is 1. The van der Waals surface area contributed by atoms with Gasteiger partial charge in [-0.15, -0.1) is 0 Å². The maximum absolute atomic E-state index is 12.8. The molecule has 3 N–H and O–H groups in total. The smallest absolute Gasteiger partial charge is 0.256 e. The van der Waals surface area contributed by atoms with Gasteiger partial charge in [0.15, 0.2) is 5.84 Å². The van der Waals surface area contributed by atoms with Crippen LogP contribution >= 0.6 is 11.6 Å². The number of amidine groups is 1. The highest BCUT2D eigenvalue weighted by Crippen LogP contribution is 2.23. The molecule has 0 bridgehead atoms. The molecule has 0 radical (unpaired) electrons. The zero-order valence-corrected chi connectivity index (χ0v) is 22.4. The largest absolute Gasteiger partial charge is 0.493 e. The van der Waals surface area contributed by atoms with Crippen molar-refractivity contribution in [2.75, 3.05) is 13.2 Å². The molecule has 0 saturated carbocycles. The van der Waals surface area contributed by atoms with Crippen molar-refractivity contribution in [2.45, 2.75) is 54.1 Å². The molecule has 2 aromatic carbocycles. The quantitative estimate of drug-likeness (QED) is 0.188. The number of benzene rings is 2. The maximum Gasteiger partial charge on any atom is 0.256 e. The molecular weight excluding hydrogens is 460 g/mol. The SMILES string of the molecule is C/C=C/C(=N\NCc1cc(Cl)ccc1OCC(C)C)NC(=O)c1ccc(C(C)NCC(C)C)cc1. The van der Waals surface area contributed by atoms with Crippen LogP contribution in [-0.2, 0) is 6.54 Å². The van der Waals surface area contributed by atoms with Gasteiger partial charge in [-0.05, 0) is 74.2 Å². The number of amides is 1. The Labute approximate surface area is 215 Å². The van der Waals surface area contributed by atoms with Crippen molar-refractivity contribution in [3.05, 3.63) is 76.3 Å². The molecule has 0 aliphatic carbocycles. The normalized spacial score (nSPS) is 12.9. The van der Waals surface area contributed by atoms with Gasteiger partial charge in [0.25, 0.3) is 5.91 Å². The van der Waals surface area contributed by atoms with Gasteiger partial charge < -0.3 is 20.8 Å². The Morgan fingerprint density at radius 3 is 2.40 bits per heavy atom. The molecule has 0 aromatic heterocycles. The van der Waals surface area contributed by atoms with Gasteiger partial charge >= 0.3 is 0 Å². The van der Waals surface area contributed by atoms with Crippen molar-refractivity contribution in [3.63, 3.8) is 0 Å². The van der Waals surface area contributed by atoms with Gasteiger partial charge in [-0.2, -0.15) is 5.10 Å². The standard InChI is InChI=1S/C28H39ClN4O2/c1-7-8-27(33-31-17-24-15-25(29)13-14-26(24)35-18-20(4)5)32-28(34)23-11-9-22(10-12-23)21(6)30-16-19(2)3/h7-15,19-21,30-31H,16-18H2,1-6H3,(H,32,33,34)/b8-7+. The lowest BCUT2D eigenvalue weighted by atomic mass is 10.0. The number of nitrogens with one attached hydrogen (secondary N) is 3. The van der Waals surface area contributed by atoms with E-state index in [1.54, 1.807) is 6.08 Å². The number of nitrogens with zero attached hydrogens (tertiary/aromatic N) is 1. The Hall–Kier alpha value is -2.83. The number of ether oxygens (including phenoxy) is 1. The third kappa shape index (κ3) is 10.1. The lowest BCUT2D eigenvalue weighted by Crippen LogP contribution is -2.31. The van der Waals surface area contributed by atoms with Crippen LogP contribution in [0.1, 0.15) is 69.1 Å². The predicted octanol–water partition coefficient (Wildman–Crippen LogP) is 6.09. The summed E-state index contributed by atoms with van der Waals surface area (Å²) in [5.41, 5.74) is 5.63. The molecule has 1 amide bonds. The summed E-state index contributed by atoms with van der Waals surface area (Å²) >= 11 is 6.18. The Balaban J connectivity index is 2.02. The molecule has 0 fully saturated rings. The molecule has 6 nitrogen and oxygen atoms in total. The summed E-state index contributed by atoms with van der Waals surface area (Å²) < 4.78 is 5.90. The van der Waals surface area contributed by atoms with Gasteiger partial charge in [-0.3, -0.25) is 4.79 Å². The zero-order chi connectivity index (χ0) is 25.8. The molecule has 0 aliphatic rings. The monoisotopic (exact) mass is 498 g/mol. The van der Waals surface area contributed by atoms with Gasteiger partial charge in [-0.1, -0.05) is 57.5 Å². The number of carbonyl (C=O) groups is 1. The van der Waals surface area contributed by atoms with E-state index in [4.69, 9.17) is 16.3 Å². The maximum atomic E-state index is 12.8. The van der Waals surface area contributed by atoms with E-state index in [0.29, 0.717) is 41.4 Å². The molecule has 190 valence electrons. The fourth-order valence-corrected chi connectivity index (χ4v) is 3.39. The van der Waals surface area contributed by atoms with Crippen LogP contribution in [0.4, 0.5) is 0 Å². The molecule has 1 atom stereocenters.